The van der Waals surface area contributed by atoms with Crippen molar-refractivity contribution in [1.29, 1.82) is 0 Å². The lowest BCUT2D eigenvalue weighted by Gasteiger charge is -2.09. The zero-order valence-corrected chi connectivity index (χ0v) is 9.11. The molecule has 0 unspecified atom stereocenters. The highest BCUT2D eigenvalue weighted by molar-refractivity contribution is 5.67. The molecule has 0 bridgehead atoms. The van der Waals surface area contributed by atoms with Crippen LogP contribution in [0.2, 0.25) is 0 Å². The number of rotatable bonds is 4. The van der Waals surface area contributed by atoms with E-state index in [9.17, 15) is 22.8 Å². The molecule has 1 N–H and O–H groups in total. The molecule has 0 radical (unpaired) electrons. The summed E-state index contributed by atoms with van der Waals surface area (Å²) in [4.78, 5) is 25.7. The lowest BCUT2D eigenvalue weighted by atomic mass is 10.5. The molecule has 0 atom stereocenters. The summed E-state index contributed by atoms with van der Waals surface area (Å²) in [6.45, 7) is -1.60. The third kappa shape index (κ3) is 5.32. The number of nitrogens with one attached hydrogen (secondary N) is 1. The topological polar surface area (TPSA) is 73.2 Å². The van der Waals surface area contributed by atoms with E-state index in [4.69, 9.17) is 0 Å². The molecule has 0 aromatic carbocycles. The standard InChI is InChI=1S/C9H10F3N3O3/c10-9(11,12)5-18-8(17)14-3-4-15-6-13-2-1-7(15)16/h1-2,6H,3-5H2,(H,14,17). The Labute approximate surface area is 99.4 Å². The van der Waals surface area contributed by atoms with Gasteiger partial charge in [-0.3, -0.25) is 9.36 Å². The number of ether oxygens (including phenoxy) is 1. The highest BCUT2D eigenvalue weighted by Gasteiger charge is 2.29. The van der Waals surface area contributed by atoms with Crippen molar-refractivity contribution in [2.24, 2.45) is 0 Å². The van der Waals surface area contributed by atoms with E-state index in [1.807, 2.05) is 0 Å². The average molecular weight is 265 g/mol. The molecule has 0 aliphatic carbocycles. The normalized spacial score (nSPS) is 11.1. The lowest BCUT2D eigenvalue weighted by molar-refractivity contribution is -0.160. The summed E-state index contributed by atoms with van der Waals surface area (Å²) in [6, 6.07) is 1.22. The van der Waals surface area contributed by atoms with Crippen LogP contribution in [0.3, 0.4) is 0 Å². The van der Waals surface area contributed by atoms with E-state index in [0.717, 1.165) is 0 Å². The van der Waals surface area contributed by atoms with Gasteiger partial charge < -0.3 is 10.1 Å². The van der Waals surface area contributed by atoms with Crippen LogP contribution in [-0.2, 0) is 11.3 Å². The number of hydrogen-bond donors (Lipinski definition) is 1. The molecule has 1 heterocycles. The number of alkyl halides is 3. The number of carbonyl (C=O) groups is 1. The first-order valence-electron chi connectivity index (χ1n) is 4.86. The molecule has 1 aromatic rings. The van der Waals surface area contributed by atoms with Crippen LogP contribution >= 0.6 is 0 Å². The van der Waals surface area contributed by atoms with Crippen LogP contribution in [0.4, 0.5) is 18.0 Å². The number of aromatic nitrogens is 2. The number of carbonyl (C=O) groups excluding carboxylic acids is 1. The number of alkyl carbamates (subject to hydrolysis) is 1. The summed E-state index contributed by atoms with van der Waals surface area (Å²) in [5.41, 5.74) is -0.324. The Balaban J connectivity index is 2.28. The van der Waals surface area contributed by atoms with Crippen molar-refractivity contribution >= 4 is 6.09 Å². The molecule has 9 heteroatoms. The van der Waals surface area contributed by atoms with Gasteiger partial charge in [-0.15, -0.1) is 0 Å². The van der Waals surface area contributed by atoms with Gasteiger partial charge in [0.25, 0.3) is 5.56 Å². The SMILES string of the molecule is O=C(NCCn1cnccc1=O)OCC(F)(F)F. The second-order valence-electron chi connectivity index (χ2n) is 3.23. The summed E-state index contributed by atoms with van der Waals surface area (Å²) >= 11 is 0. The Morgan fingerprint density at radius 2 is 2.22 bits per heavy atom. The van der Waals surface area contributed by atoms with Gasteiger partial charge >= 0.3 is 12.3 Å². The molecule has 18 heavy (non-hydrogen) atoms. The maximum Gasteiger partial charge on any atom is 0.422 e. The first-order valence-corrected chi connectivity index (χ1v) is 4.86. The Bertz CT molecular complexity index is 458. The molecular formula is C9H10F3N3O3. The van der Waals surface area contributed by atoms with Gasteiger partial charge in [0.2, 0.25) is 0 Å². The van der Waals surface area contributed by atoms with Crippen molar-refractivity contribution in [2.75, 3.05) is 13.2 Å². The molecule has 1 amide bonds. The van der Waals surface area contributed by atoms with Crippen LogP contribution in [0, 0.1) is 0 Å². The molecule has 6 nitrogen and oxygen atoms in total. The molecule has 1 aromatic heterocycles. The minimum atomic E-state index is -4.56. The molecular weight excluding hydrogens is 255 g/mol. The molecule has 0 aliphatic heterocycles. The minimum absolute atomic E-state index is 0.0394. The summed E-state index contributed by atoms with van der Waals surface area (Å²) in [5, 5.41) is 2.08. The van der Waals surface area contributed by atoms with Crippen molar-refractivity contribution < 1.29 is 22.7 Å². The quantitative estimate of drug-likeness (QED) is 0.862. The Hall–Kier alpha value is -2.06. The van der Waals surface area contributed by atoms with E-state index in [1.54, 1.807) is 0 Å². The largest absolute Gasteiger partial charge is 0.440 e. The maximum atomic E-state index is 11.7. The average Bonchev–Trinajstić information content (AvgIpc) is 2.28. The van der Waals surface area contributed by atoms with Crippen molar-refractivity contribution in [3.63, 3.8) is 0 Å². The molecule has 0 spiro atoms. The van der Waals surface area contributed by atoms with Crippen LogP contribution in [0.25, 0.3) is 0 Å². The Morgan fingerprint density at radius 3 is 2.83 bits per heavy atom. The van der Waals surface area contributed by atoms with E-state index in [2.05, 4.69) is 15.0 Å². The van der Waals surface area contributed by atoms with Gasteiger partial charge in [-0.25, -0.2) is 9.78 Å². The van der Waals surface area contributed by atoms with Crippen LogP contribution in [0.15, 0.2) is 23.4 Å². The number of halogens is 3. The number of nitrogens with zero attached hydrogens (tertiary/aromatic N) is 2. The summed E-state index contributed by atoms with van der Waals surface area (Å²) in [7, 11) is 0. The predicted octanol–water partition coefficient (Wildman–Crippen LogP) is 0.532. The Kier molecular flexibility index (Phi) is 4.69. The third-order valence-electron chi connectivity index (χ3n) is 1.78. The monoisotopic (exact) mass is 265 g/mol. The maximum absolute atomic E-state index is 11.7. The number of amides is 1. The van der Waals surface area contributed by atoms with Gasteiger partial charge in [-0.2, -0.15) is 13.2 Å². The van der Waals surface area contributed by atoms with Gasteiger partial charge in [0.05, 0.1) is 6.33 Å². The summed E-state index contributed by atoms with van der Waals surface area (Å²) < 4.78 is 40.2. The highest BCUT2D eigenvalue weighted by atomic mass is 19.4. The first-order chi connectivity index (χ1) is 8.38. The van der Waals surface area contributed by atoms with Gasteiger partial charge in [-0.1, -0.05) is 0 Å². The fraction of sp³-hybridized carbons (Fsp3) is 0.444. The van der Waals surface area contributed by atoms with E-state index < -0.39 is 18.9 Å². The minimum Gasteiger partial charge on any atom is -0.440 e. The third-order valence-corrected chi connectivity index (χ3v) is 1.78. The molecule has 0 saturated heterocycles. The summed E-state index contributed by atoms with van der Waals surface area (Å²) in [5.74, 6) is 0. The summed E-state index contributed by atoms with van der Waals surface area (Å²) in [6.07, 6.45) is -3.18. The zero-order chi connectivity index (χ0) is 13.6. The highest BCUT2D eigenvalue weighted by Crippen LogP contribution is 2.14. The fourth-order valence-electron chi connectivity index (χ4n) is 1.02. The Morgan fingerprint density at radius 1 is 1.50 bits per heavy atom. The van der Waals surface area contributed by atoms with Gasteiger partial charge in [0.1, 0.15) is 0 Å². The second kappa shape index (κ2) is 6.03. The van der Waals surface area contributed by atoms with E-state index >= 15 is 0 Å². The van der Waals surface area contributed by atoms with Crippen LogP contribution < -0.4 is 10.9 Å². The lowest BCUT2D eigenvalue weighted by Crippen LogP contribution is -2.33. The molecule has 100 valence electrons. The molecule has 1 rings (SSSR count). The van der Waals surface area contributed by atoms with E-state index in [0.29, 0.717) is 0 Å². The van der Waals surface area contributed by atoms with Crippen molar-refractivity contribution in [1.82, 2.24) is 14.9 Å². The fourth-order valence-corrected chi connectivity index (χ4v) is 1.02. The number of hydrogen-bond acceptors (Lipinski definition) is 4. The zero-order valence-electron chi connectivity index (χ0n) is 9.11. The first kappa shape index (κ1) is 14.0. The van der Waals surface area contributed by atoms with Gasteiger partial charge in [-0.05, 0) is 0 Å². The van der Waals surface area contributed by atoms with Gasteiger partial charge in [0, 0.05) is 25.4 Å². The second-order valence-corrected chi connectivity index (χ2v) is 3.23. The van der Waals surface area contributed by atoms with Gasteiger partial charge in [0.15, 0.2) is 6.61 Å². The molecule has 0 fully saturated rings. The van der Waals surface area contributed by atoms with E-state index in [1.165, 1.54) is 23.2 Å². The molecule has 0 aliphatic rings. The van der Waals surface area contributed by atoms with Crippen molar-refractivity contribution in [3.05, 3.63) is 28.9 Å². The van der Waals surface area contributed by atoms with Crippen molar-refractivity contribution in [3.8, 4) is 0 Å². The molecule has 0 saturated carbocycles. The van der Waals surface area contributed by atoms with Crippen LogP contribution in [-0.4, -0.2) is 35.0 Å². The van der Waals surface area contributed by atoms with Crippen LogP contribution in [0.5, 0.6) is 0 Å². The van der Waals surface area contributed by atoms with Crippen LogP contribution in [0.1, 0.15) is 0 Å². The smallest absolute Gasteiger partial charge is 0.422 e. The van der Waals surface area contributed by atoms with Crippen molar-refractivity contribution in [2.45, 2.75) is 12.7 Å². The van der Waals surface area contributed by atoms with E-state index in [-0.39, 0.29) is 18.6 Å². The predicted molar refractivity (Wildman–Crippen MR) is 53.9 cm³/mol.